The van der Waals surface area contributed by atoms with E-state index in [0.29, 0.717) is 16.9 Å². The van der Waals surface area contributed by atoms with Gasteiger partial charge in [-0.25, -0.2) is 0 Å². The van der Waals surface area contributed by atoms with Crippen molar-refractivity contribution < 1.29 is 9.62 Å². The molecule has 2 aliphatic carbocycles. The van der Waals surface area contributed by atoms with Crippen LogP contribution in [0, 0.1) is 5.92 Å². The smallest absolute Gasteiger partial charge is 0.175 e. The first-order valence-corrected chi connectivity index (χ1v) is 5.94. The van der Waals surface area contributed by atoms with Gasteiger partial charge >= 0.3 is 0 Å². The van der Waals surface area contributed by atoms with Gasteiger partial charge in [0.15, 0.2) is 5.09 Å². The molecule has 15 heavy (non-hydrogen) atoms. The Labute approximate surface area is 91.6 Å². The molecule has 80 valence electrons. The van der Waals surface area contributed by atoms with E-state index in [0.717, 1.165) is 48.2 Å². The predicted octanol–water partition coefficient (Wildman–Crippen LogP) is 2.32. The summed E-state index contributed by atoms with van der Waals surface area (Å²) in [6, 6.07) is 1.89. The zero-order valence-electron chi connectivity index (χ0n) is 8.14. The van der Waals surface area contributed by atoms with Crippen LogP contribution in [0.3, 0.4) is 0 Å². The Hall–Kier alpha value is -0.940. The fourth-order valence-corrected chi connectivity index (χ4v) is 3.09. The standard InChI is InChI=1S/C10H12N2O2S/c11-15-8-4-7-9(12-13)5-1-2-6(3-5)10(7)14-8/h4-6,13H,1-3,11H2/b12-9-. The third kappa shape index (κ3) is 1.23. The quantitative estimate of drug-likeness (QED) is 0.436. The van der Waals surface area contributed by atoms with Crippen LogP contribution < -0.4 is 5.14 Å². The van der Waals surface area contributed by atoms with Gasteiger partial charge in [-0.05, 0) is 31.2 Å². The Morgan fingerprint density at radius 2 is 2.27 bits per heavy atom. The van der Waals surface area contributed by atoms with Gasteiger partial charge in [0, 0.05) is 23.5 Å². The molecule has 0 spiro atoms. The van der Waals surface area contributed by atoms with Crippen molar-refractivity contribution in [1.82, 2.24) is 0 Å². The number of hydrogen-bond donors (Lipinski definition) is 2. The maximum atomic E-state index is 9.05. The van der Waals surface area contributed by atoms with Crippen molar-refractivity contribution in [1.29, 1.82) is 0 Å². The van der Waals surface area contributed by atoms with E-state index in [1.165, 1.54) is 0 Å². The highest BCUT2D eigenvalue weighted by Gasteiger charge is 2.40. The molecule has 3 rings (SSSR count). The van der Waals surface area contributed by atoms with Gasteiger partial charge in [-0.1, -0.05) is 5.16 Å². The minimum Gasteiger partial charge on any atom is -0.453 e. The van der Waals surface area contributed by atoms with Gasteiger partial charge in [0.2, 0.25) is 0 Å². The number of oxime groups is 1. The minimum absolute atomic E-state index is 0.403. The second-order valence-corrected chi connectivity index (χ2v) is 4.79. The Bertz CT molecular complexity index is 427. The monoisotopic (exact) mass is 224 g/mol. The topological polar surface area (TPSA) is 71.8 Å². The van der Waals surface area contributed by atoms with Gasteiger partial charge in [-0.3, -0.25) is 5.14 Å². The molecule has 0 saturated heterocycles. The summed E-state index contributed by atoms with van der Waals surface area (Å²) in [5.74, 6) is 1.86. The van der Waals surface area contributed by atoms with Gasteiger partial charge < -0.3 is 9.62 Å². The molecule has 3 N–H and O–H groups in total. The average molecular weight is 224 g/mol. The molecule has 2 aliphatic rings. The molecule has 2 atom stereocenters. The fraction of sp³-hybridized carbons (Fsp3) is 0.500. The number of nitrogens with two attached hydrogens (primary N) is 1. The van der Waals surface area contributed by atoms with E-state index in [4.69, 9.17) is 14.8 Å². The van der Waals surface area contributed by atoms with Crippen LogP contribution in [0.1, 0.15) is 36.5 Å². The van der Waals surface area contributed by atoms with E-state index in [9.17, 15) is 0 Å². The van der Waals surface area contributed by atoms with E-state index >= 15 is 0 Å². The van der Waals surface area contributed by atoms with E-state index < -0.39 is 0 Å². The molecular weight excluding hydrogens is 212 g/mol. The predicted molar refractivity (Wildman–Crippen MR) is 57.2 cm³/mol. The van der Waals surface area contributed by atoms with E-state index in [-0.39, 0.29) is 0 Å². The molecule has 2 unspecified atom stereocenters. The number of hydrogen-bond acceptors (Lipinski definition) is 5. The van der Waals surface area contributed by atoms with E-state index in [1.54, 1.807) is 0 Å². The maximum Gasteiger partial charge on any atom is 0.175 e. The second-order valence-electron chi connectivity index (χ2n) is 4.15. The van der Waals surface area contributed by atoms with Gasteiger partial charge in [-0.15, -0.1) is 0 Å². The number of nitrogens with zero attached hydrogens (tertiary/aromatic N) is 1. The van der Waals surface area contributed by atoms with Gasteiger partial charge in [0.25, 0.3) is 0 Å². The molecule has 0 aromatic carbocycles. The average Bonchev–Trinajstić information content (AvgIpc) is 2.85. The van der Waals surface area contributed by atoms with E-state index in [1.807, 2.05) is 6.07 Å². The van der Waals surface area contributed by atoms with Crippen molar-refractivity contribution in [3.8, 4) is 0 Å². The first-order valence-electron chi connectivity index (χ1n) is 5.06. The Balaban J connectivity index is 2.15. The van der Waals surface area contributed by atoms with Gasteiger partial charge in [0.1, 0.15) is 5.76 Å². The fourth-order valence-electron chi connectivity index (χ4n) is 2.77. The van der Waals surface area contributed by atoms with Crippen LogP contribution >= 0.6 is 11.9 Å². The first-order chi connectivity index (χ1) is 7.33. The van der Waals surface area contributed by atoms with Crippen LogP contribution in [0.4, 0.5) is 0 Å². The molecule has 1 saturated carbocycles. The third-order valence-corrected chi connectivity index (χ3v) is 3.86. The summed E-state index contributed by atoms with van der Waals surface area (Å²) in [6.07, 6.45) is 3.27. The molecule has 5 heteroatoms. The lowest BCUT2D eigenvalue weighted by molar-refractivity contribution is 0.313. The van der Waals surface area contributed by atoms with Crippen molar-refractivity contribution in [3.05, 3.63) is 17.4 Å². The summed E-state index contributed by atoms with van der Waals surface area (Å²) in [5, 5.41) is 18.6. The Morgan fingerprint density at radius 1 is 1.47 bits per heavy atom. The highest BCUT2D eigenvalue weighted by atomic mass is 32.2. The zero-order valence-corrected chi connectivity index (χ0v) is 8.96. The van der Waals surface area contributed by atoms with Crippen molar-refractivity contribution in [2.75, 3.05) is 0 Å². The van der Waals surface area contributed by atoms with Crippen molar-refractivity contribution >= 4 is 17.7 Å². The lowest BCUT2D eigenvalue weighted by Gasteiger charge is -2.18. The first kappa shape index (κ1) is 9.30. The largest absolute Gasteiger partial charge is 0.453 e. The van der Waals surface area contributed by atoms with Crippen molar-refractivity contribution in [2.45, 2.75) is 30.3 Å². The molecule has 0 radical (unpaired) electrons. The second kappa shape index (κ2) is 3.28. The summed E-state index contributed by atoms with van der Waals surface area (Å²) in [4.78, 5) is 0. The summed E-state index contributed by atoms with van der Waals surface area (Å²) >= 11 is 1.10. The third-order valence-electron chi connectivity index (χ3n) is 3.43. The lowest BCUT2D eigenvalue weighted by atomic mass is 9.86. The van der Waals surface area contributed by atoms with Crippen LogP contribution in [-0.2, 0) is 0 Å². The molecule has 2 bridgehead atoms. The van der Waals surface area contributed by atoms with Gasteiger partial charge in [0.05, 0.1) is 5.71 Å². The molecular formula is C10H12N2O2S. The molecule has 4 nitrogen and oxygen atoms in total. The lowest BCUT2D eigenvalue weighted by Crippen LogP contribution is -2.18. The molecule has 1 aromatic rings. The van der Waals surface area contributed by atoms with E-state index in [2.05, 4.69) is 5.16 Å². The number of fused-ring (bicyclic) bond motifs is 4. The zero-order chi connectivity index (χ0) is 10.4. The molecule has 0 aliphatic heterocycles. The molecule has 0 amide bonds. The maximum absolute atomic E-state index is 9.05. The minimum atomic E-state index is 0.403. The molecule has 1 fully saturated rings. The van der Waals surface area contributed by atoms with Crippen molar-refractivity contribution in [3.63, 3.8) is 0 Å². The van der Waals surface area contributed by atoms with Crippen molar-refractivity contribution in [2.24, 2.45) is 16.2 Å². The molecule has 1 aromatic heterocycles. The van der Waals surface area contributed by atoms with Crippen LogP contribution in [0.2, 0.25) is 0 Å². The van der Waals surface area contributed by atoms with Crippen LogP contribution in [0.5, 0.6) is 0 Å². The molecule has 1 heterocycles. The number of furan rings is 1. The highest BCUT2D eigenvalue weighted by molar-refractivity contribution is 7.96. The summed E-state index contributed by atoms with van der Waals surface area (Å²) < 4.78 is 5.66. The highest BCUT2D eigenvalue weighted by Crippen LogP contribution is 2.47. The van der Waals surface area contributed by atoms with Gasteiger partial charge in [-0.2, -0.15) is 0 Å². The number of rotatable bonds is 1. The van der Waals surface area contributed by atoms with Crippen LogP contribution in [-0.4, -0.2) is 10.9 Å². The normalized spacial score (nSPS) is 30.9. The Morgan fingerprint density at radius 3 is 3.00 bits per heavy atom. The Kier molecular flexibility index (Phi) is 2.03. The summed E-state index contributed by atoms with van der Waals surface area (Å²) in [5.41, 5.74) is 1.74. The summed E-state index contributed by atoms with van der Waals surface area (Å²) in [6.45, 7) is 0. The van der Waals surface area contributed by atoms with Crippen LogP contribution in [0.25, 0.3) is 0 Å². The SMILES string of the molecule is NSc1cc2c(o1)C1CCC(C1)/C2=N/O. The van der Waals surface area contributed by atoms with Crippen LogP contribution in [0.15, 0.2) is 20.7 Å². The summed E-state index contributed by atoms with van der Waals surface area (Å²) in [7, 11) is 0.